The van der Waals surface area contributed by atoms with Crippen LogP contribution in [0.1, 0.15) is 57.9 Å². The molecule has 0 spiro atoms. The molecule has 0 saturated carbocycles. The highest BCUT2D eigenvalue weighted by atomic mass is 15.1. The van der Waals surface area contributed by atoms with Gasteiger partial charge in [-0.25, -0.2) is 0 Å². The van der Waals surface area contributed by atoms with Gasteiger partial charge in [0.15, 0.2) is 0 Å². The van der Waals surface area contributed by atoms with Crippen molar-refractivity contribution in [3.8, 4) is 0 Å². The van der Waals surface area contributed by atoms with Crippen molar-refractivity contribution in [2.24, 2.45) is 0 Å². The molecule has 2 heteroatoms. The quantitative estimate of drug-likeness (QED) is 0.629. The molecule has 1 N–H and O–H groups in total. The average Bonchev–Trinajstić information content (AvgIpc) is 2.45. The van der Waals surface area contributed by atoms with Crippen LogP contribution in [0.3, 0.4) is 0 Å². The lowest BCUT2D eigenvalue weighted by molar-refractivity contribution is 0.480. The van der Waals surface area contributed by atoms with E-state index in [1.165, 1.54) is 49.8 Å². The van der Waals surface area contributed by atoms with E-state index in [4.69, 9.17) is 0 Å². The normalized spacial score (nSPS) is 12.4. The van der Waals surface area contributed by atoms with Gasteiger partial charge in [0.2, 0.25) is 0 Å². The van der Waals surface area contributed by atoms with Gasteiger partial charge >= 0.3 is 0 Å². The van der Waals surface area contributed by atoms with Crippen molar-refractivity contribution in [1.29, 1.82) is 0 Å². The predicted molar refractivity (Wildman–Crippen MR) is 90.4 cm³/mol. The summed E-state index contributed by atoms with van der Waals surface area (Å²) < 4.78 is 0. The molecule has 1 atom stereocenters. The first-order valence-corrected chi connectivity index (χ1v) is 8.13. The zero-order chi connectivity index (χ0) is 14.8. The van der Waals surface area contributed by atoms with E-state index in [0.29, 0.717) is 6.04 Å². The highest BCUT2D eigenvalue weighted by molar-refractivity contribution is 5.45. The lowest BCUT2D eigenvalue weighted by Gasteiger charge is -2.15. The summed E-state index contributed by atoms with van der Waals surface area (Å²) in [7, 11) is 4.15. The van der Waals surface area contributed by atoms with Gasteiger partial charge in [-0.3, -0.25) is 0 Å². The zero-order valence-electron chi connectivity index (χ0n) is 13.8. The largest absolute Gasteiger partial charge is 0.378 e. The minimum atomic E-state index is 0.616. The smallest absolute Gasteiger partial charge is 0.0361 e. The summed E-state index contributed by atoms with van der Waals surface area (Å²) in [5, 5.41) is 3.62. The molecule has 0 amide bonds. The number of anilines is 1. The van der Waals surface area contributed by atoms with Gasteiger partial charge in [-0.1, -0.05) is 51.2 Å². The Morgan fingerprint density at radius 3 is 2.25 bits per heavy atom. The first-order valence-electron chi connectivity index (χ1n) is 8.13. The van der Waals surface area contributed by atoms with Gasteiger partial charge in [0.1, 0.15) is 0 Å². The third-order valence-corrected chi connectivity index (χ3v) is 3.85. The molecule has 0 bridgehead atoms. The number of benzene rings is 1. The minimum Gasteiger partial charge on any atom is -0.378 e. The molecule has 0 fully saturated rings. The Morgan fingerprint density at radius 1 is 1.00 bits per heavy atom. The highest BCUT2D eigenvalue weighted by Crippen LogP contribution is 2.12. The first-order chi connectivity index (χ1) is 9.63. The Kier molecular flexibility index (Phi) is 8.36. The van der Waals surface area contributed by atoms with E-state index in [-0.39, 0.29) is 0 Å². The maximum absolute atomic E-state index is 3.62. The van der Waals surface area contributed by atoms with Crippen LogP contribution in [0.4, 0.5) is 5.69 Å². The second-order valence-electron chi connectivity index (χ2n) is 6.05. The fourth-order valence-corrected chi connectivity index (χ4v) is 2.36. The van der Waals surface area contributed by atoms with Crippen LogP contribution >= 0.6 is 0 Å². The summed E-state index contributed by atoms with van der Waals surface area (Å²) in [5.74, 6) is 0. The number of nitrogens with zero attached hydrogens (tertiary/aromatic N) is 1. The molecule has 0 radical (unpaired) electrons. The minimum absolute atomic E-state index is 0.616. The summed E-state index contributed by atoms with van der Waals surface area (Å²) >= 11 is 0. The van der Waals surface area contributed by atoms with Crippen molar-refractivity contribution in [2.75, 3.05) is 19.0 Å². The monoisotopic (exact) mass is 276 g/mol. The molecule has 0 aromatic heterocycles. The number of nitrogens with one attached hydrogen (secondary N) is 1. The Bertz CT molecular complexity index is 343. The van der Waals surface area contributed by atoms with Gasteiger partial charge in [0.25, 0.3) is 0 Å². The van der Waals surface area contributed by atoms with Crippen LogP contribution < -0.4 is 10.2 Å². The first kappa shape index (κ1) is 17.0. The fourth-order valence-electron chi connectivity index (χ4n) is 2.36. The van der Waals surface area contributed by atoms with Crippen molar-refractivity contribution >= 4 is 5.69 Å². The van der Waals surface area contributed by atoms with Gasteiger partial charge in [0.05, 0.1) is 0 Å². The number of unbranched alkanes of at least 4 members (excludes halogenated alkanes) is 4. The van der Waals surface area contributed by atoms with E-state index in [1.807, 2.05) is 0 Å². The van der Waals surface area contributed by atoms with Gasteiger partial charge in [-0.05, 0) is 31.0 Å². The molecule has 2 nitrogen and oxygen atoms in total. The van der Waals surface area contributed by atoms with Gasteiger partial charge < -0.3 is 10.2 Å². The topological polar surface area (TPSA) is 15.3 Å². The van der Waals surface area contributed by atoms with Crippen molar-refractivity contribution in [3.63, 3.8) is 0 Å². The molecule has 0 aliphatic rings. The molecule has 0 heterocycles. The molecule has 20 heavy (non-hydrogen) atoms. The summed E-state index contributed by atoms with van der Waals surface area (Å²) in [6.45, 7) is 5.55. The number of hydrogen-bond acceptors (Lipinski definition) is 2. The zero-order valence-corrected chi connectivity index (χ0v) is 13.8. The SMILES string of the molecule is CCCCCCCC(C)NCc1ccc(N(C)C)cc1. The van der Waals surface area contributed by atoms with E-state index < -0.39 is 0 Å². The molecule has 0 aliphatic carbocycles. The van der Waals surface area contributed by atoms with Gasteiger partial charge in [-0.15, -0.1) is 0 Å². The standard InChI is InChI=1S/C18H32N2/c1-5-6-7-8-9-10-16(2)19-15-17-11-13-18(14-12-17)20(3)4/h11-14,16,19H,5-10,15H2,1-4H3. The van der Waals surface area contributed by atoms with Crippen LogP contribution in [0.15, 0.2) is 24.3 Å². The summed E-state index contributed by atoms with van der Waals surface area (Å²) in [6.07, 6.45) is 8.15. The van der Waals surface area contributed by atoms with E-state index in [2.05, 4.69) is 62.4 Å². The molecule has 0 aliphatic heterocycles. The maximum Gasteiger partial charge on any atom is 0.0361 e. The lowest BCUT2D eigenvalue weighted by Crippen LogP contribution is -2.25. The second kappa shape index (κ2) is 9.82. The number of rotatable bonds is 10. The Balaban J connectivity index is 2.18. The molecule has 1 rings (SSSR count). The number of hydrogen-bond donors (Lipinski definition) is 1. The molecule has 114 valence electrons. The molecule has 1 unspecified atom stereocenters. The summed E-state index contributed by atoms with van der Waals surface area (Å²) in [4.78, 5) is 2.14. The molecule has 1 aromatic carbocycles. The Morgan fingerprint density at radius 2 is 1.65 bits per heavy atom. The third kappa shape index (κ3) is 6.95. The second-order valence-corrected chi connectivity index (χ2v) is 6.05. The molecule has 1 aromatic rings. The summed E-state index contributed by atoms with van der Waals surface area (Å²) in [5.41, 5.74) is 2.63. The maximum atomic E-state index is 3.62. The molecular weight excluding hydrogens is 244 g/mol. The average molecular weight is 276 g/mol. The van der Waals surface area contributed by atoms with E-state index in [0.717, 1.165) is 6.54 Å². The van der Waals surface area contributed by atoms with Crippen LogP contribution in [0.25, 0.3) is 0 Å². The van der Waals surface area contributed by atoms with Crippen LogP contribution in [-0.2, 0) is 6.54 Å². The van der Waals surface area contributed by atoms with E-state index >= 15 is 0 Å². The highest BCUT2D eigenvalue weighted by Gasteiger charge is 2.02. The van der Waals surface area contributed by atoms with Crippen LogP contribution in [-0.4, -0.2) is 20.1 Å². The molecule has 0 saturated heterocycles. The fraction of sp³-hybridized carbons (Fsp3) is 0.667. The van der Waals surface area contributed by atoms with Crippen LogP contribution in [0, 0.1) is 0 Å². The Labute approximate surface area is 125 Å². The third-order valence-electron chi connectivity index (χ3n) is 3.85. The Hall–Kier alpha value is -1.02. The van der Waals surface area contributed by atoms with Crippen molar-refractivity contribution in [2.45, 2.75) is 65.0 Å². The van der Waals surface area contributed by atoms with Crippen molar-refractivity contribution in [1.82, 2.24) is 5.32 Å². The van der Waals surface area contributed by atoms with Gasteiger partial charge in [-0.2, -0.15) is 0 Å². The predicted octanol–water partition coefficient (Wildman–Crippen LogP) is 4.59. The van der Waals surface area contributed by atoms with Gasteiger partial charge in [0, 0.05) is 32.4 Å². The van der Waals surface area contributed by atoms with E-state index in [1.54, 1.807) is 0 Å². The van der Waals surface area contributed by atoms with Crippen LogP contribution in [0.2, 0.25) is 0 Å². The van der Waals surface area contributed by atoms with E-state index in [9.17, 15) is 0 Å². The van der Waals surface area contributed by atoms with Crippen LogP contribution in [0.5, 0.6) is 0 Å². The van der Waals surface area contributed by atoms with Crippen molar-refractivity contribution < 1.29 is 0 Å². The molecular formula is C18H32N2. The van der Waals surface area contributed by atoms with Crippen molar-refractivity contribution in [3.05, 3.63) is 29.8 Å². The summed E-state index contributed by atoms with van der Waals surface area (Å²) in [6, 6.07) is 9.43. The lowest BCUT2D eigenvalue weighted by atomic mass is 10.1.